The number of rotatable bonds is 1. The van der Waals surface area contributed by atoms with Gasteiger partial charge in [-0.1, -0.05) is 39.7 Å². The minimum Gasteiger partial charge on any atom is -0.481 e. The number of allylic oxidation sites excluding steroid dienone is 3. The summed E-state index contributed by atoms with van der Waals surface area (Å²) in [4.78, 5) is 10.8. The molecule has 0 amide bonds. The van der Waals surface area contributed by atoms with Gasteiger partial charge in [0.1, 0.15) is 5.92 Å². The van der Waals surface area contributed by atoms with E-state index in [9.17, 15) is 4.79 Å². The monoisotopic (exact) mass is 250 g/mol. The number of carboxylic acids is 1. The van der Waals surface area contributed by atoms with Crippen molar-refractivity contribution in [3.63, 3.8) is 0 Å². The van der Waals surface area contributed by atoms with E-state index < -0.39 is 16.2 Å². The summed E-state index contributed by atoms with van der Waals surface area (Å²) in [5, 5.41) is 9.21. The molecule has 66 valence electrons. The Morgan fingerprint density at radius 2 is 2.42 bits per heavy atom. The van der Waals surface area contributed by atoms with Gasteiger partial charge in [-0.05, 0) is 13.0 Å². The number of aliphatic carboxylic acids is 1. The molecular formula is C8H8BrClO2. The third kappa shape index (κ3) is 1.72. The highest BCUT2D eigenvalue weighted by Crippen LogP contribution is 2.38. The third-order valence-electron chi connectivity index (χ3n) is 1.76. The molecule has 4 heteroatoms. The topological polar surface area (TPSA) is 37.3 Å². The molecule has 0 aromatic rings. The van der Waals surface area contributed by atoms with Crippen molar-refractivity contribution in [1.29, 1.82) is 0 Å². The van der Waals surface area contributed by atoms with Crippen LogP contribution in [0.25, 0.3) is 0 Å². The van der Waals surface area contributed by atoms with E-state index in [0.717, 1.165) is 0 Å². The van der Waals surface area contributed by atoms with Crippen LogP contribution in [0.2, 0.25) is 0 Å². The quantitative estimate of drug-likeness (QED) is 0.727. The van der Waals surface area contributed by atoms with E-state index in [1.54, 1.807) is 25.2 Å². The molecule has 0 aliphatic heterocycles. The minimum absolute atomic E-state index is 0.351. The molecule has 0 aromatic carbocycles. The molecule has 1 aliphatic carbocycles. The predicted molar refractivity (Wildman–Crippen MR) is 51.5 cm³/mol. The Kier molecular flexibility index (Phi) is 2.64. The second kappa shape index (κ2) is 3.23. The lowest BCUT2D eigenvalue weighted by atomic mass is 9.90. The third-order valence-corrected chi connectivity index (χ3v) is 2.83. The van der Waals surface area contributed by atoms with Crippen LogP contribution in [0.15, 0.2) is 23.3 Å². The maximum atomic E-state index is 10.8. The summed E-state index contributed by atoms with van der Waals surface area (Å²) < 4.78 is -0.579. The largest absolute Gasteiger partial charge is 0.481 e. The average molecular weight is 252 g/mol. The molecular weight excluding hydrogens is 243 g/mol. The van der Waals surface area contributed by atoms with Gasteiger partial charge >= 0.3 is 5.97 Å². The molecule has 1 aliphatic rings. The van der Waals surface area contributed by atoms with E-state index in [2.05, 4.69) is 15.9 Å². The zero-order valence-corrected chi connectivity index (χ0v) is 8.76. The van der Waals surface area contributed by atoms with Crippen LogP contribution in [-0.4, -0.2) is 15.4 Å². The zero-order valence-electron chi connectivity index (χ0n) is 6.42. The fourth-order valence-electron chi connectivity index (χ4n) is 1.15. The molecule has 1 N–H and O–H groups in total. The van der Waals surface area contributed by atoms with Crippen LogP contribution in [0.4, 0.5) is 0 Å². The number of halogens is 2. The predicted octanol–water partition coefficient (Wildman–Crippen LogP) is 2.53. The fourth-order valence-corrected chi connectivity index (χ4v) is 2.27. The van der Waals surface area contributed by atoms with Crippen LogP contribution in [0.5, 0.6) is 0 Å². The van der Waals surface area contributed by atoms with Gasteiger partial charge in [-0.15, -0.1) is 0 Å². The van der Waals surface area contributed by atoms with Crippen molar-refractivity contribution in [3.8, 4) is 0 Å². The lowest BCUT2D eigenvalue weighted by Gasteiger charge is -2.28. The number of carbonyl (C=O) groups is 1. The molecule has 0 heterocycles. The number of alkyl halides is 1. The Morgan fingerprint density at radius 3 is 2.75 bits per heavy atom. The van der Waals surface area contributed by atoms with E-state index >= 15 is 0 Å². The van der Waals surface area contributed by atoms with E-state index in [1.165, 1.54) is 0 Å². The van der Waals surface area contributed by atoms with Gasteiger partial charge in [0.15, 0.2) is 0 Å². The first-order chi connectivity index (χ1) is 5.45. The molecule has 0 saturated carbocycles. The second-order valence-electron chi connectivity index (χ2n) is 2.83. The number of hydrogen-bond acceptors (Lipinski definition) is 1. The van der Waals surface area contributed by atoms with Crippen molar-refractivity contribution in [1.82, 2.24) is 0 Å². The van der Waals surface area contributed by atoms with Crippen molar-refractivity contribution in [2.75, 3.05) is 0 Å². The second-order valence-corrected chi connectivity index (χ2v) is 4.98. The normalized spacial score (nSPS) is 34.6. The Morgan fingerprint density at radius 1 is 1.83 bits per heavy atom. The summed E-state index contributed by atoms with van der Waals surface area (Å²) in [6, 6.07) is 0. The highest BCUT2D eigenvalue weighted by Gasteiger charge is 2.38. The van der Waals surface area contributed by atoms with Crippen molar-refractivity contribution in [2.45, 2.75) is 11.2 Å². The van der Waals surface area contributed by atoms with Gasteiger partial charge in [0.25, 0.3) is 0 Å². The van der Waals surface area contributed by atoms with Gasteiger partial charge in [0, 0.05) is 5.03 Å². The Balaban J connectivity index is 3.03. The van der Waals surface area contributed by atoms with Crippen molar-refractivity contribution < 1.29 is 9.90 Å². The fraction of sp³-hybridized carbons (Fsp3) is 0.375. The summed E-state index contributed by atoms with van der Waals surface area (Å²) >= 11 is 9.07. The first-order valence-electron chi connectivity index (χ1n) is 3.42. The molecule has 0 spiro atoms. The van der Waals surface area contributed by atoms with Gasteiger partial charge in [-0.3, -0.25) is 4.79 Å². The molecule has 0 saturated heterocycles. The summed E-state index contributed by atoms with van der Waals surface area (Å²) in [6.45, 7) is 1.78. The van der Waals surface area contributed by atoms with E-state index in [4.69, 9.17) is 16.7 Å². The summed E-state index contributed by atoms with van der Waals surface area (Å²) in [7, 11) is 0. The van der Waals surface area contributed by atoms with Gasteiger partial charge in [0.2, 0.25) is 0 Å². The highest BCUT2D eigenvalue weighted by atomic mass is 79.9. The Bertz CT molecular complexity index is 268. The van der Waals surface area contributed by atoms with E-state index in [-0.39, 0.29) is 0 Å². The molecule has 1 rings (SSSR count). The van der Waals surface area contributed by atoms with Crippen LogP contribution >= 0.6 is 27.5 Å². The lowest BCUT2D eigenvalue weighted by Crippen LogP contribution is -2.34. The van der Waals surface area contributed by atoms with Crippen LogP contribution in [0, 0.1) is 5.92 Å². The summed E-state index contributed by atoms with van der Waals surface area (Å²) in [5.74, 6) is -1.61. The van der Waals surface area contributed by atoms with Gasteiger partial charge in [-0.2, -0.15) is 0 Å². The van der Waals surface area contributed by atoms with Crippen LogP contribution < -0.4 is 0 Å². The Labute approximate surface area is 84.0 Å². The number of carboxylic acid groups (broad SMARTS) is 1. The van der Waals surface area contributed by atoms with Gasteiger partial charge in [0.05, 0.1) is 4.32 Å². The first-order valence-corrected chi connectivity index (χ1v) is 4.59. The van der Waals surface area contributed by atoms with Crippen LogP contribution in [0.3, 0.4) is 0 Å². The first kappa shape index (κ1) is 9.81. The SMILES string of the molecule is CC1(Br)C=CC=C(Cl)C1C(=O)O. The smallest absolute Gasteiger partial charge is 0.313 e. The van der Waals surface area contributed by atoms with Crippen molar-refractivity contribution in [2.24, 2.45) is 5.92 Å². The van der Waals surface area contributed by atoms with Gasteiger partial charge in [-0.25, -0.2) is 0 Å². The highest BCUT2D eigenvalue weighted by molar-refractivity contribution is 9.10. The summed E-state index contributed by atoms with van der Waals surface area (Å²) in [5.41, 5.74) is 0. The summed E-state index contributed by atoms with van der Waals surface area (Å²) in [6.07, 6.45) is 5.12. The van der Waals surface area contributed by atoms with E-state index in [1.807, 2.05) is 0 Å². The number of hydrogen-bond donors (Lipinski definition) is 1. The lowest BCUT2D eigenvalue weighted by molar-refractivity contribution is -0.140. The minimum atomic E-state index is -0.917. The van der Waals surface area contributed by atoms with Gasteiger partial charge < -0.3 is 5.11 Å². The van der Waals surface area contributed by atoms with E-state index in [0.29, 0.717) is 5.03 Å². The maximum absolute atomic E-state index is 10.8. The molecule has 2 atom stereocenters. The van der Waals surface area contributed by atoms with Crippen molar-refractivity contribution in [3.05, 3.63) is 23.3 Å². The molecule has 12 heavy (non-hydrogen) atoms. The van der Waals surface area contributed by atoms with Crippen molar-refractivity contribution >= 4 is 33.5 Å². The molecule has 0 radical (unpaired) electrons. The molecule has 0 fully saturated rings. The van der Waals surface area contributed by atoms with Crippen LogP contribution in [-0.2, 0) is 4.79 Å². The zero-order chi connectivity index (χ0) is 9.35. The molecule has 0 bridgehead atoms. The Hall–Kier alpha value is -0.280. The average Bonchev–Trinajstić information content (AvgIpc) is 1.82. The maximum Gasteiger partial charge on any atom is 0.313 e. The molecule has 0 aromatic heterocycles. The molecule has 2 unspecified atom stereocenters. The standard InChI is InChI=1S/C8H8BrClO2/c1-8(9)4-2-3-5(10)6(8)7(11)12/h2-4,6H,1H3,(H,11,12). The van der Waals surface area contributed by atoms with Crippen LogP contribution in [0.1, 0.15) is 6.92 Å². The molecule has 2 nitrogen and oxygen atoms in total.